The van der Waals surface area contributed by atoms with E-state index in [0.717, 1.165) is 28.1 Å². The Kier molecular flexibility index (Phi) is 4.30. The second-order valence-corrected chi connectivity index (χ2v) is 10.3. The number of rotatable bonds is 2. The third-order valence-corrected chi connectivity index (χ3v) is 8.16. The van der Waals surface area contributed by atoms with Crippen molar-refractivity contribution in [2.45, 2.75) is 0 Å². The van der Waals surface area contributed by atoms with Gasteiger partial charge in [-0.15, -0.1) is 0 Å². The summed E-state index contributed by atoms with van der Waals surface area (Å²) in [5.41, 5.74) is 7.86. The molecule has 40 heavy (non-hydrogen) atoms. The van der Waals surface area contributed by atoms with Gasteiger partial charge in [0.25, 0.3) is 0 Å². The SMILES string of the molecule is c1cncc(-c2cccc(-n3c4ccccc4c4cc5c(cc43)c3ccccc3c3cc4ccccc4n35)n2)c1. The summed E-state index contributed by atoms with van der Waals surface area (Å²) in [5, 5.41) is 7.41. The van der Waals surface area contributed by atoms with Gasteiger partial charge >= 0.3 is 0 Å². The standard InChI is InChI=1S/C36H22N4/c1-5-15-31-23(9-1)19-33-26-12-3-2-11-25(26)28-20-35-29(21-34(28)39(31)33)27-13-4-6-16-32(27)40(35)36-17-7-14-30(38-36)24-10-8-18-37-22-24/h1-22H. The maximum atomic E-state index is 5.13. The zero-order chi connectivity index (χ0) is 26.2. The molecule has 5 heterocycles. The van der Waals surface area contributed by atoms with E-state index in [4.69, 9.17) is 4.98 Å². The number of fused-ring (bicyclic) bond motifs is 11. The fourth-order valence-corrected chi connectivity index (χ4v) is 6.43. The molecule has 0 N–H and O–H groups in total. The molecule has 9 rings (SSSR count). The molecule has 186 valence electrons. The van der Waals surface area contributed by atoms with E-state index in [0.29, 0.717) is 0 Å². The second-order valence-electron chi connectivity index (χ2n) is 10.3. The highest BCUT2D eigenvalue weighted by Crippen LogP contribution is 2.39. The highest BCUT2D eigenvalue weighted by molar-refractivity contribution is 6.21. The van der Waals surface area contributed by atoms with Gasteiger partial charge in [-0.25, -0.2) is 4.98 Å². The highest BCUT2D eigenvalue weighted by Gasteiger charge is 2.18. The largest absolute Gasteiger partial charge is 0.309 e. The minimum Gasteiger partial charge on any atom is -0.309 e. The van der Waals surface area contributed by atoms with E-state index in [-0.39, 0.29) is 0 Å². The zero-order valence-corrected chi connectivity index (χ0v) is 21.5. The van der Waals surface area contributed by atoms with Crippen molar-refractivity contribution in [3.63, 3.8) is 0 Å². The molecule has 0 saturated heterocycles. The first-order chi connectivity index (χ1) is 19.8. The van der Waals surface area contributed by atoms with Gasteiger partial charge in [-0.1, -0.05) is 66.7 Å². The molecule has 0 saturated carbocycles. The average molecular weight is 511 g/mol. The van der Waals surface area contributed by atoms with E-state index >= 15 is 0 Å². The molecule has 9 aromatic rings. The van der Waals surface area contributed by atoms with Gasteiger partial charge in [0.2, 0.25) is 0 Å². The Bertz CT molecular complexity index is 2430. The van der Waals surface area contributed by atoms with Crippen LogP contribution in [-0.4, -0.2) is 18.9 Å². The number of nitrogens with zero attached hydrogens (tertiary/aromatic N) is 4. The molecule has 0 spiro atoms. The molecule has 0 fully saturated rings. The van der Waals surface area contributed by atoms with Crippen LogP contribution in [0.2, 0.25) is 0 Å². The smallest absolute Gasteiger partial charge is 0.138 e. The van der Waals surface area contributed by atoms with Gasteiger partial charge in [-0.05, 0) is 60.0 Å². The maximum absolute atomic E-state index is 5.13. The van der Waals surface area contributed by atoms with Crippen LogP contribution < -0.4 is 0 Å². The molecular weight excluding hydrogens is 488 g/mol. The predicted molar refractivity (Wildman–Crippen MR) is 165 cm³/mol. The lowest BCUT2D eigenvalue weighted by atomic mass is 10.0. The Balaban J connectivity index is 1.46. The number of para-hydroxylation sites is 2. The normalized spacial score (nSPS) is 12.0. The van der Waals surface area contributed by atoms with Gasteiger partial charge < -0.3 is 4.40 Å². The Morgan fingerprint density at radius 1 is 0.475 bits per heavy atom. The van der Waals surface area contributed by atoms with Crippen LogP contribution in [0.4, 0.5) is 0 Å². The average Bonchev–Trinajstić information content (AvgIpc) is 3.57. The fraction of sp³-hybridized carbons (Fsp3) is 0. The first-order valence-electron chi connectivity index (χ1n) is 13.5. The Morgan fingerprint density at radius 3 is 2.02 bits per heavy atom. The van der Waals surface area contributed by atoms with Gasteiger partial charge in [0, 0.05) is 44.9 Å². The van der Waals surface area contributed by atoms with E-state index < -0.39 is 0 Å². The molecule has 4 aromatic carbocycles. The monoisotopic (exact) mass is 510 g/mol. The van der Waals surface area contributed by atoms with E-state index in [9.17, 15) is 0 Å². The van der Waals surface area contributed by atoms with E-state index in [1.807, 2.05) is 18.3 Å². The molecule has 5 aromatic heterocycles. The Morgan fingerprint density at radius 2 is 1.18 bits per heavy atom. The minimum atomic E-state index is 0.892. The van der Waals surface area contributed by atoms with Crippen molar-refractivity contribution in [1.29, 1.82) is 0 Å². The molecule has 0 radical (unpaired) electrons. The highest BCUT2D eigenvalue weighted by atomic mass is 15.1. The Labute approximate surface area is 229 Å². The molecule has 0 bridgehead atoms. The van der Waals surface area contributed by atoms with Crippen molar-refractivity contribution < 1.29 is 0 Å². The maximum Gasteiger partial charge on any atom is 0.138 e. The summed E-state index contributed by atoms with van der Waals surface area (Å²) < 4.78 is 4.73. The predicted octanol–water partition coefficient (Wildman–Crippen LogP) is 8.95. The summed E-state index contributed by atoms with van der Waals surface area (Å²) in [7, 11) is 0. The number of hydrogen-bond donors (Lipinski definition) is 0. The van der Waals surface area contributed by atoms with E-state index in [1.165, 1.54) is 48.9 Å². The van der Waals surface area contributed by atoms with Gasteiger partial charge in [0.15, 0.2) is 0 Å². The van der Waals surface area contributed by atoms with Gasteiger partial charge in [-0.3, -0.25) is 9.55 Å². The first-order valence-corrected chi connectivity index (χ1v) is 13.5. The summed E-state index contributed by atoms with van der Waals surface area (Å²) in [6, 6.07) is 43.3. The lowest BCUT2D eigenvalue weighted by molar-refractivity contribution is 1.08. The van der Waals surface area contributed by atoms with Crippen LogP contribution in [0, 0.1) is 0 Å². The van der Waals surface area contributed by atoms with Crippen molar-refractivity contribution in [1.82, 2.24) is 18.9 Å². The van der Waals surface area contributed by atoms with Crippen LogP contribution in [0.15, 0.2) is 134 Å². The number of hydrogen-bond acceptors (Lipinski definition) is 2. The summed E-state index contributed by atoms with van der Waals surface area (Å²) in [6.45, 7) is 0. The molecule has 0 aliphatic carbocycles. The van der Waals surface area contributed by atoms with Crippen LogP contribution in [0.1, 0.15) is 0 Å². The van der Waals surface area contributed by atoms with Crippen LogP contribution in [0.5, 0.6) is 0 Å². The molecule has 0 aliphatic heterocycles. The summed E-state index contributed by atoms with van der Waals surface area (Å²) in [4.78, 5) is 9.44. The van der Waals surface area contributed by atoms with Crippen molar-refractivity contribution >= 4 is 59.9 Å². The second kappa shape index (κ2) is 8.01. The number of benzene rings is 4. The molecule has 0 aliphatic rings. The number of aromatic nitrogens is 4. The van der Waals surface area contributed by atoms with Crippen LogP contribution in [-0.2, 0) is 0 Å². The first kappa shape index (κ1) is 21.5. The van der Waals surface area contributed by atoms with Crippen LogP contribution in [0.25, 0.3) is 77.0 Å². The molecule has 0 unspecified atom stereocenters. The third-order valence-electron chi connectivity index (χ3n) is 8.16. The topological polar surface area (TPSA) is 35.1 Å². The van der Waals surface area contributed by atoms with Crippen molar-refractivity contribution in [3.8, 4) is 17.1 Å². The quantitative estimate of drug-likeness (QED) is 0.218. The lowest BCUT2D eigenvalue weighted by Gasteiger charge is -2.12. The molecule has 0 atom stereocenters. The lowest BCUT2D eigenvalue weighted by Crippen LogP contribution is -1.99. The molecule has 4 heteroatoms. The van der Waals surface area contributed by atoms with Gasteiger partial charge in [-0.2, -0.15) is 0 Å². The fourth-order valence-electron chi connectivity index (χ4n) is 6.43. The van der Waals surface area contributed by atoms with Gasteiger partial charge in [0.05, 0.1) is 33.3 Å². The summed E-state index contributed by atoms with van der Waals surface area (Å²) in [6.07, 6.45) is 3.66. The number of pyridine rings is 3. The van der Waals surface area contributed by atoms with Crippen LogP contribution >= 0.6 is 0 Å². The molecule has 4 nitrogen and oxygen atoms in total. The Hall–Kier alpha value is -5.48. The van der Waals surface area contributed by atoms with E-state index in [1.54, 1.807) is 6.20 Å². The zero-order valence-electron chi connectivity index (χ0n) is 21.5. The minimum absolute atomic E-state index is 0.892. The van der Waals surface area contributed by atoms with E-state index in [2.05, 4.69) is 123 Å². The third kappa shape index (κ3) is 2.90. The van der Waals surface area contributed by atoms with Crippen molar-refractivity contribution in [2.24, 2.45) is 0 Å². The van der Waals surface area contributed by atoms with Crippen LogP contribution in [0.3, 0.4) is 0 Å². The summed E-state index contributed by atoms with van der Waals surface area (Å²) >= 11 is 0. The van der Waals surface area contributed by atoms with Gasteiger partial charge in [0.1, 0.15) is 5.82 Å². The molecule has 0 amide bonds. The summed E-state index contributed by atoms with van der Waals surface area (Å²) in [5.74, 6) is 0.892. The molecular formula is C36H22N4. The van der Waals surface area contributed by atoms with Crippen molar-refractivity contribution in [3.05, 3.63) is 134 Å². The van der Waals surface area contributed by atoms with Crippen molar-refractivity contribution in [2.75, 3.05) is 0 Å².